The van der Waals surface area contributed by atoms with Crippen LogP contribution >= 0.6 is 11.3 Å². The van der Waals surface area contributed by atoms with Gasteiger partial charge in [-0.05, 0) is 59.9 Å². The van der Waals surface area contributed by atoms with E-state index in [1.54, 1.807) is 11.3 Å². The molecule has 0 aliphatic carbocycles. The van der Waals surface area contributed by atoms with E-state index in [0.717, 1.165) is 52.0 Å². The van der Waals surface area contributed by atoms with Crippen LogP contribution in [-0.4, -0.2) is 30.1 Å². The Labute approximate surface area is 180 Å². The Kier molecular flexibility index (Phi) is 5.23. The van der Waals surface area contributed by atoms with Gasteiger partial charge in [0, 0.05) is 12.2 Å². The van der Waals surface area contributed by atoms with E-state index in [9.17, 15) is 4.79 Å². The first-order valence-electron chi connectivity index (χ1n) is 10.5. The molecule has 1 aliphatic rings. The van der Waals surface area contributed by atoms with Crippen molar-refractivity contribution in [1.29, 1.82) is 0 Å². The minimum absolute atomic E-state index is 0.0222. The van der Waals surface area contributed by atoms with Crippen LogP contribution < -0.4 is 4.90 Å². The lowest BCUT2D eigenvalue weighted by molar-refractivity contribution is 0.0917. The maximum absolute atomic E-state index is 13.6. The van der Waals surface area contributed by atoms with Gasteiger partial charge in [-0.1, -0.05) is 54.7 Å². The summed E-state index contributed by atoms with van der Waals surface area (Å²) in [6, 6.07) is 20.4. The third-order valence-corrected chi connectivity index (χ3v) is 6.77. The highest BCUT2D eigenvalue weighted by Crippen LogP contribution is 2.32. The fourth-order valence-corrected chi connectivity index (χ4v) is 5.05. The molecule has 0 spiro atoms. The number of anilines is 1. The molecule has 1 atom stereocenters. The highest BCUT2D eigenvalue weighted by Gasteiger charge is 2.27. The summed E-state index contributed by atoms with van der Waals surface area (Å²) in [6.07, 6.45) is 3.07. The highest BCUT2D eigenvalue weighted by molar-refractivity contribution is 7.22. The largest absolute Gasteiger partial charge is 0.376 e. The molecule has 4 nitrogen and oxygen atoms in total. The molecule has 1 saturated heterocycles. The molecular formula is C25H24N2O2S. The summed E-state index contributed by atoms with van der Waals surface area (Å²) in [5.41, 5.74) is 2.90. The van der Waals surface area contributed by atoms with Gasteiger partial charge in [0.05, 0.1) is 22.9 Å². The number of carbonyl (C=O) groups is 1. The molecule has 30 heavy (non-hydrogen) atoms. The van der Waals surface area contributed by atoms with Crippen molar-refractivity contribution in [3.05, 3.63) is 71.8 Å². The van der Waals surface area contributed by atoms with Crippen LogP contribution in [-0.2, 0) is 11.2 Å². The summed E-state index contributed by atoms with van der Waals surface area (Å²) >= 11 is 1.58. The van der Waals surface area contributed by atoms with Gasteiger partial charge < -0.3 is 4.74 Å². The van der Waals surface area contributed by atoms with E-state index in [1.807, 2.05) is 41.3 Å². The van der Waals surface area contributed by atoms with Crippen LogP contribution in [0.2, 0.25) is 0 Å². The number of nitrogens with zero attached hydrogens (tertiary/aromatic N) is 2. The van der Waals surface area contributed by atoms with E-state index in [0.29, 0.717) is 12.1 Å². The molecule has 0 radical (unpaired) electrons. The zero-order chi connectivity index (χ0) is 20.5. The normalized spacial score (nSPS) is 16.4. The lowest BCUT2D eigenvalue weighted by Gasteiger charge is -2.23. The van der Waals surface area contributed by atoms with E-state index >= 15 is 0 Å². The third kappa shape index (κ3) is 3.71. The fraction of sp³-hybridized carbons (Fsp3) is 0.280. The second-order valence-electron chi connectivity index (χ2n) is 7.76. The van der Waals surface area contributed by atoms with Crippen LogP contribution in [0.15, 0.2) is 60.7 Å². The van der Waals surface area contributed by atoms with Crippen molar-refractivity contribution in [2.75, 3.05) is 18.1 Å². The van der Waals surface area contributed by atoms with Crippen molar-refractivity contribution in [2.45, 2.75) is 32.3 Å². The topological polar surface area (TPSA) is 42.4 Å². The number of aryl methyl sites for hydroxylation is 1. The Bertz CT molecular complexity index is 1210. The number of hydrogen-bond acceptors (Lipinski definition) is 4. The van der Waals surface area contributed by atoms with Crippen molar-refractivity contribution < 1.29 is 9.53 Å². The van der Waals surface area contributed by atoms with Crippen LogP contribution in [0.25, 0.3) is 21.0 Å². The Morgan fingerprint density at radius 3 is 2.80 bits per heavy atom. The van der Waals surface area contributed by atoms with Crippen molar-refractivity contribution in [2.24, 2.45) is 0 Å². The molecule has 5 heteroatoms. The number of fused-ring (bicyclic) bond motifs is 2. The maximum atomic E-state index is 13.6. The molecule has 1 amide bonds. The third-order valence-electron chi connectivity index (χ3n) is 5.73. The Morgan fingerprint density at radius 2 is 2.00 bits per heavy atom. The maximum Gasteiger partial charge on any atom is 0.260 e. The molecular weight excluding hydrogens is 392 g/mol. The molecule has 2 heterocycles. The van der Waals surface area contributed by atoms with Gasteiger partial charge in [-0.15, -0.1) is 0 Å². The number of aromatic nitrogens is 1. The Hall–Kier alpha value is -2.76. The smallest absolute Gasteiger partial charge is 0.260 e. The number of ether oxygens (including phenoxy) is 1. The minimum Gasteiger partial charge on any atom is -0.376 e. The van der Waals surface area contributed by atoms with Crippen LogP contribution in [0, 0.1) is 0 Å². The lowest BCUT2D eigenvalue weighted by Crippen LogP contribution is -2.37. The number of rotatable bonds is 5. The Morgan fingerprint density at radius 1 is 1.13 bits per heavy atom. The standard InChI is InChI=1S/C25H24N2O2S/c1-2-17-9-12-22-23(14-17)30-25(26-22)27(16-21-8-5-13-29-21)24(28)20-11-10-18-6-3-4-7-19(18)15-20/h3-4,6-7,9-12,14-15,21H,2,5,8,13,16H2,1H3. The first-order chi connectivity index (χ1) is 14.7. The van der Waals surface area contributed by atoms with Gasteiger partial charge in [0.2, 0.25) is 0 Å². The summed E-state index contributed by atoms with van der Waals surface area (Å²) in [6.45, 7) is 3.45. The van der Waals surface area contributed by atoms with Crippen LogP contribution in [0.5, 0.6) is 0 Å². The summed E-state index contributed by atoms with van der Waals surface area (Å²) in [4.78, 5) is 20.2. The minimum atomic E-state index is -0.0222. The van der Waals surface area contributed by atoms with Gasteiger partial charge in [-0.25, -0.2) is 4.98 Å². The van der Waals surface area contributed by atoms with Crippen LogP contribution in [0.3, 0.4) is 0 Å². The average Bonchev–Trinajstić information content (AvgIpc) is 3.45. The molecule has 0 N–H and O–H groups in total. The first kappa shape index (κ1) is 19.2. The van der Waals surface area contributed by atoms with Crippen LogP contribution in [0.4, 0.5) is 5.13 Å². The summed E-state index contributed by atoms with van der Waals surface area (Å²) in [5, 5.41) is 2.94. The molecule has 5 rings (SSSR count). The number of hydrogen-bond donors (Lipinski definition) is 0. The zero-order valence-electron chi connectivity index (χ0n) is 17.0. The molecule has 0 bridgehead atoms. The van der Waals surface area contributed by atoms with Crippen molar-refractivity contribution in [3.8, 4) is 0 Å². The second-order valence-corrected chi connectivity index (χ2v) is 8.77. The van der Waals surface area contributed by atoms with Gasteiger partial charge in [0.1, 0.15) is 0 Å². The molecule has 1 aliphatic heterocycles. The zero-order valence-corrected chi connectivity index (χ0v) is 17.8. The fourth-order valence-electron chi connectivity index (χ4n) is 4.01. The van der Waals surface area contributed by atoms with E-state index in [2.05, 4.69) is 31.2 Å². The van der Waals surface area contributed by atoms with Gasteiger partial charge in [-0.2, -0.15) is 0 Å². The van der Waals surface area contributed by atoms with Crippen LogP contribution in [0.1, 0.15) is 35.7 Å². The second kappa shape index (κ2) is 8.17. The number of thiazole rings is 1. The summed E-state index contributed by atoms with van der Waals surface area (Å²) < 4.78 is 6.97. The molecule has 152 valence electrons. The predicted octanol–water partition coefficient (Wildman–Crippen LogP) is 5.84. The van der Waals surface area contributed by atoms with E-state index in [4.69, 9.17) is 9.72 Å². The van der Waals surface area contributed by atoms with Gasteiger partial charge in [0.15, 0.2) is 5.13 Å². The van der Waals surface area contributed by atoms with E-state index in [1.165, 1.54) is 5.56 Å². The predicted molar refractivity (Wildman–Crippen MR) is 124 cm³/mol. The van der Waals surface area contributed by atoms with E-state index < -0.39 is 0 Å². The van der Waals surface area contributed by atoms with Gasteiger partial charge in [-0.3, -0.25) is 9.69 Å². The summed E-state index contributed by atoms with van der Waals surface area (Å²) in [5.74, 6) is -0.0222. The molecule has 1 fully saturated rings. The monoisotopic (exact) mass is 416 g/mol. The lowest BCUT2D eigenvalue weighted by atomic mass is 10.1. The first-order valence-corrected chi connectivity index (χ1v) is 11.3. The van der Waals surface area contributed by atoms with Crippen molar-refractivity contribution >= 4 is 43.4 Å². The average molecular weight is 417 g/mol. The number of carbonyl (C=O) groups excluding carboxylic acids is 1. The number of amides is 1. The molecule has 1 unspecified atom stereocenters. The molecule has 0 saturated carbocycles. The number of benzene rings is 3. The highest BCUT2D eigenvalue weighted by atomic mass is 32.1. The SMILES string of the molecule is CCc1ccc2nc(N(CC3CCCO3)C(=O)c3ccc4ccccc4c3)sc2c1. The van der Waals surface area contributed by atoms with Crippen molar-refractivity contribution in [3.63, 3.8) is 0 Å². The Balaban J connectivity index is 1.54. The molecule has 3 aromatic carbocycles. The van der Waals surface area contributed by atoms with Gasteiger partial charge in [0.25, 0.3) is 5.91 Å². The quantitative estimate of drug-likeness (QED) is 0.411. The molecule has 1 aromatic heterocycles. The molecule has 4 aromatic rings. The van der Waals surface area contributed by atoms with Crippen molar-refractivity contribution in [1.82, 2.24) is 4.98 Å². The van der Waals surface area contributed by atoms with Gasteiger partial charge >= 0.3 is 0 Å². The summed E-state index contributed by atoms with van der Waals surface area (Å²) in [7, 11) is 0. The van der Waals surface area contributed by atoms with E-state index in [-0.39, 0.29) is 12.0 Å².